The van der Waals surface area contributed by atoms with Crippen LogP contribution in [0.15, 0.2) is 12.7 Å². The van der Waals surface area contributed by atoms with Crippen molar-refractivity contribution in [2.24, 2.45) is 5.92 Å². The van der Waals surface area contributed by atoms with Gasteiger partial charge in [-0.25, -0.2) is 0 Å². The van der Waals surface area contributed by atoms with Gasteiger partial charge in [-0.3, -0.25) is 0 Å². The molecule has 0 heterocycles. The van der Waals surface area contributed by atoms with Gasteiger partial charge in [-0.1, -0.05) is 39.7 Å². The van der Waals surface area contributed by atoms with Crippen LogP contribution in [0.25, 0.3) is 0 Å². The Labute approximate surface area is 71.1 Å². The zero-order valence-corrected chi connectivity index (χ0v) is 8.30. The lowest BCUT2D eigenvalue weighted by Crippen LogP contribution is -1.88. The van der Waals surface area contributed by atoms with Crippen molar-refractivity contribution < 1.29 is 5.11 Å². The molecule has 0 aromatic rings. The second-order valence-electron chi connectivity index (χ2n) is 2.90. The molecule has 1 unspecified atom stereocenters. The lowest BCUT2D eigenvalue weighted by molar-refractivity contribution is 0.244. The van der Waals surface area contributed by atoms with Crippen molar-refractivity contribution in [3.8, 4) is 0 Å². The molecule has 0 aromatic carbocycles. The van der Waals surface area contributed by atoms with Gasteiger partial charge in [-0.05, 0) is 12.8 Å². The molecule has 1 heteroatoms. The van der Waals surface area contributed by atoms with E-state index < -0.39 is 0 Å². The molecule has 0 aliphatic rings. The molecule has 1 nitrogen and oxygen atoms in total. The second kappa shape index (κ2) is 9.70. The average Bonchev–Trinajstić information content (AvgIpc) is 2.04. The van der Waals surface area contributed by atoms with Crippen molar-refractivity contribution in [1.29, 1.82) is 0 Å². The zero-order chi connectivity index (χ0) is 9.28. The van der Waals surface area contributed by atoms with E-state index >= 15 is 0 Å². The van der Waals surface area contributed by atoms with E-state index in [4.69, 9.17) is 5.11 Å². The smallest absolute Gasteiger partial charge is 0.0690 e. The lowest BCUT2D eigenvalue weighted by atomic mass is 10.1. The van der Waals surface area contributed by atoms with Gasteiger partial charge in [-0.15, -0.1) is 6.58 Å². The van der Waals surface area contributed by atoms with Gasteiger partial charge in [0.2, 0.25) is 0 Å². The fraction of sp³-hybridized carbons (Fsp3) is 0.800. The highest BCUT2D eigenvalue weighted by molar-refractivity contribution is 4.72. The predicted molar refractivity (Wildman–Crippen MR) is 51.6 cm³/mol. The van der Waals surface area contributed by atoms with Gasteiger partial charge in [0.25, 0.3) is 0 Å². The van der Waals surface area contributed by atoms with E-state index in [1.165, 1.54) is 18.9 Å². The van der Waals surface area contributed by atoms with E-state index in [9.17, 15) is 0 Å². The molecule has 0 saturated carbocycles. The fourth-order valence-corrected chi connectivity index (χ4v) is 0.289. The summed E-state index contributed by atoms with van der Waals surface area (Å²) in [4.78, 5) is 0. The molecule has 0 aliphatic heterocycles. The largest absolute Gasteiger partial charge is 0.389 e. The number of rotatable bonds is 3. The van der Waals surface area contributed by atoms with Gasteiger partial charge >= 0.3 is 0 Å². The van der Waals surface area contributed by atoms with Crippen LogP contribution in [0.1, 0.15) is 40.5 Å². The molecule has 68 valence electrons. The van der Waals surface area contributed by atoms with Crippen LogP contribution in [-0.4, -0.2) is 11.2 Å². The third-order valence-electron chi connectivity index (χ3n) is 1.73. The molecular formula is C10H22O. The summed E-state index contributed by atoms with van der Waals surface area (Å²) in [6, 6.07) is 0. The van der Waals surface area contributed by atoms with Crippen LogP contribution < -0.4 is 0 Å². The Bertz CT molecular complexity index is 72.9. The maximum Gasteiger partial charge on any atom is 0.0690 e. The van der Waals surface area contributed by atoms with Crippen LogP contribution >= 0.6 is 0 Å². The molecule has 1 N–H and O–H groups in total. The minimum Gasteiger partial charge on any atom is -0.389 e. The van der Waals surface area contributed by atoms with Crippen molar-refractivity contribution >= 4 is 0 Å². The van der Waals surface area contributed by atoms with E-state index in [-0.39, 0.29) is 6.10 Å². The Morgan fingerprint density at radius 2 is 1.55 bits per heavy atom. The number of hydrogen-bond donors (Lipinski definition) is 1. The Balaban J connectivity index is 0. The lowest BCUT2D eigenvalue weighted by Gasteiger charge is -1.98. The first-order chi connectivity index (χ1) is 5.08. The molecule has 0 rings (SSSR count). The summed E-state index contributed by atoms with van der Waals surface area (Å²) in [6.07, 6.45) is 3.78. The molecule has 0 spiro atoms. The van der Waals surface area contributed by atoms with Crippen LogP contribution in [0.4, 0.5) is 0 Å². The van der Waals surface area contributed by atoms with Crippen molar-refractivity contribution in [1.82, 2.24) is 0 Å². The molecule has 0 fully saturated rings. The Kier molecular flexibility index (Phi) is 11.7. The first-order valence-corrected chi connectivity index (χ1v) is 4.39. The molecule has 11 heavy (non-hydrogen) atoms. The maximum absolute atomic E-state index is 8.24. The summed E-state index contributed by atoms with van der Waals surface area (Å²) in [5, 5.41) is 8.24. The highest BCUT2D eigenvalue weighted by atomic mass is 16.3. The van der Waals surface area contributed by atoms with E-state index in [1.807, 2.05) is 0 Å². The van der Waals surface area contributed by atoms with Crippen LogP contribution in [-0.2, 0) is 0 Å². The van der Waals surface area contributed by atoms with Crippen molar-refractivity contribution in [2.75, 3.05) is 0 Å². The summed E-state index contributed by atoms with van der Waals surface area (Å²) in [5.74, 6) is 0.935. The second-order valence-corrected chi connectivity index (χ2v) is 2.90. The van der Waals surface area contributed by atoms with E-state index in [2.05, 4.69) is 27.4 Å². The zero-order valence-electron chi connectivity index (χ0n) is 8.30. The summed E-state index contributed by atoms with van der Waals surface area (Å²) < 4.78 is 0. The summed E-state index contributed by atoms with van der Waals surface area (Å²) >= 11 is 0. The van der Waals surface area contributed by atoms with Gasteiger partial charge in [0.05, 0.1) is 6.10 Å². The summed E-state index contributed by atoms with van der Waals surface area (Å²) in [6.45, 7) is 11.7. The normalized spacial score (nSPS) is 11.8. The number of hydrogen-bond acceptors (Lipinski definition) is 1. The van der Waals surface area contributed by atoms with Gasteiger partial charge in [0.15, 0.2) is 0 Å². The summed E-state index contributed by atoms with van der Waals surface area (Å²) in [5.41, 5.74) is 0. The minimum absolute atomic E-state index is 0.352. The Hall–Kier alpha value is -0.300. The molecule has 0 radical (unpaired) electrons. The third-order valence-corrected chi connectivity index (χ3v) is 1.73. The highest BCUT2D eigenvalue weighted by Crippen LogP contribution is 2.02. The molecule has 1 atom stereocenters. The van der Waals surface area contributed by atoms with Crippen LogP contribution in [0.3, 0.4) is 0 Å². The van der Waals surface area contributed by atoms with Crippen LogP contribution in [0.2, 0.25) is 0 Å². The number of aliphatic hydroxyl groups excluding tert-OH is 1. The summed E-state index contributed by atoms with van der Waals surface area (Å²) in [7, 11) is 0. The standard InChI is InChI=1S/C6H14.C4H8O/c1-4-6(3)5-2;1-3-4(2)5/h6H,4-5H2,1-3H3;3-5H,1H2,2H3. The van der Waals surface area contributed by atoms with Gasteiger partial charge < -0.3 is 5.11 Å². The van der Waals surface area contributed by atoms with Crippen molar-refractivity contribution in [3.63, 3.8) is 0 Å². The SMILES string of the molecule is C=CC(C)O.CCC(C)CC. The van der Waals surface area contributed by atoms with Crippen molar-refractivity contribution in [2.45, 2.75) is 46.6 Å². The average molecular weight is 158 g/mol. The first-order valence-electron chi connectivity index (χ1n) is 4.39. The molecule has 0 bridgehead atoms. The molecular weight excluding hydrogens is 136 g/mol. The fourth-order valence-electron chi connectivity index (χ4n) is 0.289. The molecule has 0 saturated heterocycles. The van der Waals surface area contributed by atoms with Crippen LogP contribution in [0, 0.1) is 5.92 Å². The number of aliphatic hydroxyl groups is 1. The Morgan fingerprint density at radius 3 is 1.55 bits per heavy atom. The van der Waals surface area contributed by atoms with Gasteiger partial charge in [0, 0.05) is 0 Å². The van der Waals surface area contributed by atoms with Crippen LogP contribution in [0.5, 0.6) is 0 Å². The highest BCUT2D eigenvalue weighted by Gasteiger charge is 1.88. The van der Waals surface area contributed by atoms with Gasteiger partial charge in [0.1, 0.15) is 0 Å². The maximum atomic E-state index is 8.24. The van der Waals surface area contributed by atoms with E-state index in [1.54, 1.807) is 6.92 Å². The van der Waals surface area contributed by atoms with Gasteiger partial charge in [-0.2, -0.15) is 0 Å². The molecule has 0 aromatic heterocycles. The van der Waals surface area contributed by atoms with Crippen molar-refractivity contribution in [3.05, 3.63) is 12.7 Å². The first kappa shape index (κ1) is 13.3. The quantitative estimate of drug-likeness (QED) is 0.626. The minimum atomic E-state index is -0.352. The van der Waals surface area contributed by atoms with E-state index in [0.717, 1.165) is 5.92 Å². The predicted octanol–water partition coefficient (Wildman–Crippen LogP) is 3.00. The molecule has 0 amide bonds. The topological polar surface area (TPSA) is 20.2 Å². The Morgan fingerprint density at radius 1 is 1.27 bits per heavy atom. The molecule has 0 aliphatic carbocycles. The van der Waals surface area contributed by atoms with E-state index in [0.29, 0.717) is 0 Å². The monoisotopic (exact) mass is 158 g/mol. The third kappa shape index (κ3) is 17.7.